The molecule has 2 heterocycles. The molecule has 3 rings (SSSR count). The van der Waals surface area contributed by atoms with Crippen LogP contribution in [0.4, 0.5) is 0 Å². The van der Waals surface area contributed by atoms with Gasteiger partial charge in [-0.15, -0.1) is 5.10 Å². The molecule has 0 aliphatic rings. The van der Waals surface area contributed by atoms with E-state index in [1.807, 2.05) is 24.3 Å². The molecule has 1 N–H and O–H groups in total. The van der Waals surface area contributed by atoms with Crippen LogP contribution in [0.3, 0.4) is 0 Å². The Kier molecular flexibility index (Phi) is 2.30. The Morgan fingerprint density at radius 3 is 3.00 bits per heavy atom. The van der Waals surface area contributed by atoms with Crippen LogP contribution in [0.25, 0.3) is 16.9 Å². The van der Waals surface area contributed by atoms with Crippen LogP contribution in [0.15, 0.2) is 40.8 Å². The summed E-state index contributed by atoms with van der Waals surface area (Å²) in [5, 5.41) is 12.8. The van der Waals surface area contributed by atoms with Gasteiger partial charge < -0.3 is 4.98 Å². The average Bonchev–Trinajstić information content (AvgIpc) is 3.00. The van der Waals surface area contributed by atoms with E-state index < -0.39 is 0 Å². The number of benzene rings is 1. The van der Waals surface area contributed by atoms with Crippen LogP contribution in [-0.2, 0) is 0 Å². The van der Waals surface area contributed by atoms with Crippen molar-refractivity contribution in [1.29, 1.82) is 0 Å². The SMILES string of the molecule is O=c1[nH]c(-c2cccc(-n3cnnn3)c2)cs1. The van der Waals surface area contributed by atoms with Gasteiger partial charge in [0.1, 0.15) is 6.33 Å². The summed E-state index contributed by atoms with van der Waals surface area (Å²) in [7, 11) is 0. The molecule has 0 aliphatic heterocycles. The maximum absolute atomic E-state index is 11.1. The Balaban J connectivity index is 2.08. The highest BCUT2D eigenvalue weighted by Gasteiger charge is 2.03. The normalized spacial score (nSPS) is 10.6. The van der Waals surface area contributed by atoms with Gasteiger partial charge in [-0.2, -0.15) is 0 Å². The number of rotatable bonds is 2. The first kappa shape index (κ1) is 9.91. The quantitative estimate of drug-likeness (QED) is 0.733. The molecular formula is C10H7N5OS. The molecular weight excluding hydrogens is 238 g/mol. The van der Waals surface area contributed by atoms with E-state index in [0.717, 1.165) is 28.3 Å². The van der Waals surface area contributed by atoms with E-state index >= 15 is 0 Å². The number of aromatic nitrogens is 5. The van der Waals surface area contributed by atoms with Crippen molar-refractivity contribution in [1.82, 2.24) is 25.2 Å². The molecule has 17 heavy (non-hydrogen) atoms. The zero-order valence-corrected chi connectivity index (χ0v) is 9.39. The van der Waals surface area contributed by atoms with Gasteiger partial charge in [-0.25, -0.2) is 4.68 Å². The summed E-state index contributed by atoms with van der Waals surface area (Å²) in [5.74, 6) is 0. The fourth-order valence-corrected chi connectivity index (χ4v) is 2.11. The zero-order valence-electron chi connectivity index (χ0n) is 8.57. The fourth-order valence-electron chi connectivity index (χ4n) is 1.52. The second kappa shape index (κ2) is 3.95. The number of thiazole rings is 1. The molecule has 0 amide bonds. The Bertz CT molecular complexity index is 685. The summed E-state index contributed by atoms with van der Waals surface area (Å²) in [6, 6.07) is 7.62. The van der Waals surface area contributed by atoms with Gasteiger partial charge in [0.15, 0.2) is 0 Å². The smallest absolute Gasteiger partial charge is 0.304 e. The van der Waals surface area contributed by atoms with Gasteiger partial charge in [0, 0.05) is 10.9 Å². The largest absolute Gasteiger partial charge is 0.312 e. The Morgan fingerprint density at radius 2 is 2.29 bits per heavy atom. The van der Waals surface area contributed by atoms with E-state index in [2.05, 4.69) is 20.5 Å². The lowest BCUT2D eigenvalue weighted by Gasteiger charge is -2.01. The van der Waals surface area contributed by atoms with E-state index in [9.17, 15) is 4.79 Å². The zero-order chi connectivity index (χ0) is 11.7. The summed E-state index contributed by atoms with van der Waals surface area (Å²) in [6.07, 6.45) is 1.52. The lowest BCUT2D eigenvalue weighted by molar-refractivity contribution is 0.789. The molecule has 2 aromatic heterocycles. The molecule has 3 aromatic rings. The molecule has 0 saturated carbocycles. The average molecular weight is 245 g/mol. The molecule has 7 heteroatoms. The molecule has 0 radical (unpaired) electrons. The van der Waals surface area contributed by atoms with Gasteiger partial charge in [0.2, 0.25) is 0 Å². The molecule has 1 aromatic carbocycles. The van der Waals surface area contributed by atoms with Crippen LogP contribution in [0.5, 0.6) is 0 Å². The highest BCUT2D eigenvalue weighted by Crippen LogP contribution is 2.19. The first-order valence-electron chi connectivity index (χ1n) is 4.84. The van der Waals surface area contributed by atoms with Gasteiger partial charge in [-0.3, -0.25) is 4.79 Å². The third kappa shape index (κ3) is 1.87. The lowest BCUT2D eigenvalue weighted by atomic mass is 10.1. The summed E-state index contributed by atoms with van der Waals surface area (Å²) >= 11 is 1.14. The van der Waals surface area contributed by atoms with E-state index in [4.69, 9.17) is 0 Å². The van der Waals surface area contributed by atoms with Crippen molar-refractivity contribution in [3.8, 4) is 16.9 Å². The van der Waals surface area contributed by atoms with Crippen LogP contribution in [-0.4, -0.2) is 25.2 Å². The summed E-state index contributed by atoms with van der Waals surface area (Å²) < 4.78 is 1.56. The lowest BCUT2D eigenvalue weighted by Crippen LogP contribution is -1.96. The van der Waals surface area contributed by atoms with Crippen LogP contribution < -0.4 is 4.87 Å². The van der Waals surface area contributed by atoms with Gasteiger partial charge in [0.25, 0.3) is 0 Å². The number of tetrazole rings is 1. The predicted octanol–water partition coefficient (Wildman–Crippen LogP) is 1.08. The number of nitrogens with one attached hydrogen (secondary N) is 1. The topological polar surface area (TPSA) is 76.5 Å². The maximum atomic E-state index is 11.1. The number of nitrogens with zero attached hydrogens (tertiary/aromatic N) is 4. The minimum absolute atomic E-state index is 0.0622. The second-order valence-electron chi connectivity index (χ2n) is 3.37. The highest BCUT2D eigenvalue weighted by molar-refractivity contribution is 7.07. The number of hydrogen-bond donors (Lipinski definition) is 1. The molecule has 0 atom stereocenters. The van der Waals surface area contributed by atoms with Crippen molar-refractivity contribution in [2.75, 3.05) is 0 Å². The monoisotopic (exact) mass is 245 g/mol. The van der Waals surface area contributed by atoms with Crippen molar-refractivity contribution in [3.05, 3.63) is 45.6 Å². The first-order valence-corrected chi connectivity index (χ1v) is 5.72. The van der Waals surface area contributed by atoms with Gasteiger partial charge in [-0.05, 0) is 22.6 Å². The minimum Gasteiger partial charge on any atom is -0.312 e. The van der Waals surface area contributed by atoms with Gasteiger partial charge >= 0.3 is 4.87 Å². The standard InChI is InChI=1S/C10H7N5OS/c16-10-12-9(5-17-10)7-2-1-3-8(4-7)15-6-11-13-14-15/h1-6H,(H,12,16). The molecule has 0 bridgehead atoms. The van der Waals surface area contributed by atoms with Crippen molar-refractivity contribution in [2.45, 2.75) is 0 Å². The minimum atomic E-state index is -0.0622. The van der Waals surface area contributed by atoms with E-state index in [1.54, 1.807) is 10.1 Å². The van der Waals surface area contributed by atoms with Crippen LogP contribution in [0, 0.1) is 0 Å². The van der Waals surface area contributed by atoms with E-state index in [0.29, 0.717) is 0 Å². The molecule has 0 spiro atoms. The molecule has 0 unspecified atom stereocenters. The van der Waals surface area contributed by atoms with E-state index in [-0.39, 0.29) is 4.87 Å². The van der Waals surface area contributed by atoms with Crippen LogP contribution in [0.1, 0.15) is 0 Å². The van der Waals surface area contributed by atoms with Gasteiger partial charge in [-0.1, -0.05) is 23.5 Å². The number of H-pyrrole nitrogens is 1. The summed E-state index contributed by atoms with van der Waals surface area (Å²) in [6.45, 7) is 0. The first-order chi connectivity index (χ1) is 8.33. The van der Waals surface area contributed by atoms with Crippen LogP contribution >= 0.6 is 11.3 Å². The molecule has 84 valence electrons. The van der Waals surface area contributed by atoms with Gasteiger partial charge in [0.05, 0.1) is 11.4 Å². The summed E-state index contributed by atoms with van der Waals surface area (Å²) in [5.41, 5.74) is 2.57. The Morgan fingerprint density at radius 1 is 1.35 bits per heavy atom. The van der Waals surface area contributed by atoms with Crippen molar-refractivity contribution >= 4 is 11.3 Å². The summed E-state index contributed by atoms with van der Waals surface area (Å²) in [4.78, 5) is 13.8. The Hall–Kier alpha value is -2.28. The van der Waals surface area contributed by atoms with Crippen molar-refractivity contribution in [3.63, 3.8) is 0 Å². The second-order valence-corrected chi connectivity index (χ2v) is 4.21. The van der Waals surface area contributed by atoms with Crippen LogP contribution in [0.2, 0.25) is 0 Å². The fraction of sp³-hybridized carbons (Fsp3) is 0. The van der Waals surface area contributed by atoms with Crippen molar-refractivity contribution in [2.24, 2.45) is 0 Å². The van der Waals surface area contributed by atoms with Crippen molar-refractivity contribution < 1.29 is 0 Å². The number of hydrogen-bond acceptors (Lipinski definition) is 5. The Labute approximate surface area is 99.6 Å². The third-order valence-electron chi connectivity index (χ3n) is 2.29. The maximum Gasteiger partial charge on any atom is 0.304 e. The molecule has 0 aliphatic carbocycles. The molecule has 0 fully saturated rings. The molecule has 0 saturated heterocycles. The third-order valence-corrected chi connectivity index (χ3v) is 2.96. The highest BCUT2D eigenvalue weighted by atomic mass is 32.1. The van der Waals surface area contributed by atoms with E-state index in [1.165, 1.54) is 6.33 Å². The number of aromatic amines is 1. The predicted molar refractivity (Wildman–Crippen MR) is 63.1 cm³/mol. The molecule has 6 nitrogen and oxygen atoms in total.